The summed E-state index contributed by atoms with van der Waals surface area (Å²) >= 11 is 0. The normalized spacial score (nSPS) is 11.3. The van der Waals surface area contributed by atoms with E-state index < -0.39 is 17.1 Å². The molecule has 3 aromatic rings. The van der Waals surface area contributed by atoms with Crippen LogP contribution in [0.3, 0.4) is 0 Å². The maximum atomic E-state index is 13.2. The Morgan fingerprint density at radius 2 is 1.85 bits per heavy atom. The molecule has 0 atom stereocenters. The predicted octanol–water partition coefficient (Wildman–Crippen LogP) is 0.377. The number of anilines is 1. The number of benzene rings is 1. The Kier molecular flexibility index (Phi) is 5.26. The molecule has 2 aromatic heterocycles. The number of nitrogens with one attached hydrogen (secondary N) is 1. The highest BCUT2D eigenvalue weighted by atomic mass is 19.1. The van der Waals surface area contributed by atoms with Crippen LogP contribution in [0.2, 0.25) is 0 Å². The van der Waals surface area contributed by atoms with Gasteiger partial charge in [-0.05, 0) is 51.3 Å². The Labute approximate surface area is 154 Å². The van der Waals surface area contributed by atoms with Crippen LogP contribution in [0.25, 0.3) is 16.9 Å². The topological polar surface area (TPSA) is 97.9 Å². The van der Waals surface area contributed by atoms with Gasteiger partial charge in [0.2, 0.25) is 5.95 Å². The van der Waals surface area contributed by atoms with Gasteiger partial charge in [-0.2, -0.15) is 0 Å². The summed E-state index contributed by atoms with van der Waals surface area (Å²) in [4.78, 5) is 31.3. The van der Waals surface area contributed by atoms with E-state index in [4.69, 9.17) is 0 Å². The standard InChI is InChI=1S/C17H20FN7O2/c1-23(2)10-4-9-19-16-20-13-14(21-22-16)25(17(27)24(3)15(13)26)12-7-5-11(18)6-8-12/h5-8H,4,9-10H2,1-3H3,(H,19,20,22). The highest BCUT2D eigenvalue weighted by Crippen LogP contribution is 2.12. The fourth-order valence-corrected chi connectivity index (χ4v) is 2.59. The van der Waals surface area contributed by atoms with Gasteiger partial charge in [-0.3, -0.25) is 9.36 Å². The van der Waals surface area contributed by atoms with Crippen LogP contribution in [-0.2, 0) is 7.05 Å². The molecule has 9 nitrogen and oxygen atoms in total. The summed E-state index contributed by atoms with van der Waals surface area (Å²) in [5.41, 5.74) is -0.786. The molecule has 1 aromatic carbocycles. The third kappa shape index (κ3) is 3.85. The first-order valence-electron chi connectivity index (χ1n) is 8.39. The minimum absolute atomic E-state index is 0.00605. The fourth-order valence-electron chi connectivity index (χ4n) is 2.59. The van der Waals surface area contributed by atoms with E-state index in [0.717, 1.165) is 17.5 Å². The zero-order valence-electron chi connectivity index (χ0n) is 15.3. The Bertz CT molecular complexity index is 1070. The number of halogens is 1. The highest BCUT2D eigenvalue weighted by Gasteiger charge is 2.16. The van der Waals surface area contributed by atoms with Crippen molar-refractivity contribution in [3.63, 3.8) is 0 Å². The molecule has 0 amide bonds. The van der Waals surface area contributed by atoms with Crippen molar-refractivity contribution in [2.75, 3.05) is 32.5 Å². The largest absolute Gasteiger partial charge is 0.353 e. The molecule has 0 aliphatic carbocycles. The van der Waals surface area contributed by atoms with Gasteiger partial charge in [0.05, 0.1) is 5.69 Å². The summed E-state index contributed by atoms with van der Waals surface area (Å²) in [6.07, 6.45) is 0.863. The summed E-state index contributed by atoms with van der Waals surface area (Å²) in [7, 11) is 5.31. The summed E-state index contributed by atoms with van der Waals surface area (Å²) < 4.78 is 15.3. The number of hydrogen-bond acceptors (Lipinski definition) is 7. The second-order valence-electron chi connectivity index (χ2n) is 6.35. The smallest absolute Gasteiger partial charge is 0.337 e. The summed E-state index contributed by atoms with van der Waals surface area (Å²) in [6, 6.07) is 5.30. The molecule has 10 heteroatoms. The fraction of sp³-hybridized carbons (Fsp3) is 0.353. The monoisotopic (exact) mass is 373 g/mol. The Hall–Kier alpha value is -3.14. The number of hydrogen-bond donors (Lipinski definition) is 1. The summed E-state index contributed by atoms with van der Waals surface area (Å²) in [5, 5.41) is 11.0. The molecule has 0 bridgehead atoms. The van der Waals surface area contributed by atoms with Crippen molar-refractivity contribution in [1.29, 1.82) is 0 Å². The van der Waals surface area contributed by atoms with Gasteiger partial charge in [0.25, 0.3) is 5.56 Å². The lowest BCUT2D eigenvalue weighted by atomic mass is 10.3. The van der Waals surface area contributed by atoms with E-state index in [1.165, 1.54) is 35.9 Å². The minimum Gasteiger partial charge on any atom is -0.353 e. The SMILES string of the molecule is CN(C)CCCNc1nnc2c(n1)c(=O)n(C)c(=O)n2-c1ccc(F)cc1. The Balaban J connectivity index is 2.05. The van der Waals surface area contributed by atoms with Crippen LogP contribution in [0, 0.1) is 5.82 Å². The van der Waals surface area contributed by atoms with Crippen molar-refractivity contribution in [3.05, 3.63) is 50.9 Å². The Morgan fingerprint density at radius 3 is 2.52 bits per heavy atom. The van der Waals surface area contributed by atoms with Crippen LogP contribution in [0.4, 0.5) is 10.3 Å². The first-order chi connectivity index (χ1) is 12.9. The molecule has 142 valence electrons. The van der Waals surface area contributed by atoms with Gasteiger partial charge in [0.15, 0.2) is 11.2 Å². The van der Waals surface area contributed by atoms with Gasteiger partial charge in [-0.1, -0.05) is 0 Å². The van der Waals surface area contributed by atoms with E-state index in [1.807, 2.05) is 14.1 Å². The molecule has 0 fully saturated rings. The van der Waals surface area contributed by atoms with E-state index in [9.17, 15) is 14.0 Å². The van der Waals surface area contributed by atoms with Gasteiger partial charge >= 0.3 is 5.69 Å². The van der Waals surface area contributed by atoms with E-state index in [2.05, 4.69) is 25.4 Å². The van der Waals surface area contributed by atoms with Crippen LogP contribution >= 0.6 is 0 Å². The molecule has 0 saturated carbocycles. The van der Waals surface area contributed by atoms with Gasteiger partial charge in [0.1, 0.15) is 5.82 Å². The summed E-state index contributed by atoms with van der Waals surface area (Å²) in [6.45, 7) is 1.50. The predicted molar refractivity (Wildman–Crippen MR) is 99.8 cm³/mol. The second kappa shape index (κ2) is 7.62. The maximum absolute atomic E-state index is 13.2. The lowest BCUT2D eigenvalue weighted by Crippen LogP contribution is -2.38. The second-order valence-corrected chi connectivity index (χ2v) is 6.35. The maximum Gasteiger partial charge on any atom is 0.337 e. The molecule has 0 radical (unpaired) electrons. The van der Waals surface area contributed by atoms with Gasteiger partial charge in [-0.15, -0.1) is 10.2 Å². The molecule has 27 heavy (non-hydrogen) atoms. The van der Waals surface area contributed by atoms with E-state index in [-0.39, 0.29) is 17.1 Å². The lowest BCUT2D eigenvalue weighted by molar-refractivity contribution is 0.405. The van der Waals surface area contributed by atoms with Crippen LogP contribution in [0.1, 0.15) is 6.42 Å². The van der Waals surface area contributed by atoms with E-state index >= 15 is 0 Å². The molecule has 0 unspecified atom stereocenters. The third-order valence-electron chi connectivity index (χ3n) is 4.02. The minimum atomic E-state index is -0.609. The molecule has 2 heterocycles. The molecule has 0 spiro atoms. The van der Waals surface area contributed by atoms with E-state index in [1.54, 1.807) is 0 Å². The van der Waals surface area contributed by atoms with Crippen LogP contribution in [0.15, 0.2) is 33.9 Å². The molecule has 1 N–H and O–H groups in total. The molecular weight excluding hydrogens is 353 g/mol. The molecule has 0 aliphatic heterocycles. The van der Waals surface area contributed by atoms with Crippen LogP contribution in [0.5, 0.6) is 0 Å². The lowest BCUT2D eigenvalue weighted by Gasteiger charge is -2.12. The zero-order valence-corrected chi connectivity index (χ0v) is 15.3. The van der Waals surface area contributed by atoms with Crippen molar-refractivity contribution >= 4 is 17.1 Å². The zero-order chi connectivity index (χ0) is 19.6. The van der Waals surface area contributed by atoms with E-state index in [0.29, 0.717) is 12.2 Å². The molecule has 3 rings (SSSR count). The number of rotatable bonds is 6. The Morgan fingerprint density at radius 1 is 1.15 bits per heavy atom. The third-order valence-corrected chi connectivity index (χ3v) is 4.02. The molecular formula is C17H20FN7O2. The average Bonchev–Trinajstić information content (AvgIpc) is 2.65. The van der Waals surface area contributed by atoms with Crippen LogP contribution < -0.4 is 16.6 Å². The van der Waals surface area contributed by atoms with Gasteiger partial charge in [0, 0.05) is 13.6 Å². The molecule has 0 saturated heterocycles. The van der Waals surface area contributed by atoms with Crippen molar-refractivity contribution in [2.45, 2.75) is 6.42 Å². The molecule has 0 aliphatic rings. The average molecular weight is 373 g/mol. The van der Waals surface area contributed by atoms with Gasteiger partial charge in [-0.25, -0.2) is 18.7 Å². The van der Waals surface area contributed by atoms with Crippen molar-refractivity contribution < 1.29 is 4.39 Å². The highest BCUT2D eigenvalue weighted by molar-refractivity contribution is 5.71. The van der Waals surface area contributed by atoms with Crippen molar-refractivity contribution in [3.8, 4) is 5.69 Å². The van der Waals surface area contributed by atoms with Gasteiger partial charge < -0.3 is 10.2 Å². The quantitative estimate of drug-likeness (QED) is 0.624. The number of fused-ring (bicyclic) bond motifs is 1. The summed E-state index contributed by atoms with van der Waals surface area (Å²) in [5.74, 6) is -0.225. The number of nitrogens with zero attached hydrogens (tertiary/aromatic N) is 6. The first-order valence-corrected chi connectivity index (χ1v) is 8.39. The van der Waals surface area contributed by atoms with Crippen molar-refractivity contribution in [2.24, 2.45) is 7.05 Å². The van der Waals surface area contributed by atoms with Crippen molar-refractivity contribution in [1.82, 2.24) is 29.2 Å². The van der Waals surface area contributed by atoms with Crippen LogP contribution in [-0.4, -0.2) is 56.4 Å². The number of aromatic nitrogens is 5. The first kappa shape index (κ1) is 18.6.